The number of carbonyl (C=O) groups is 2. The first kappa shape index (κ1) is 47.8. The summed E-state index contributed by atoms with van der Waals surface area (Å²) in [5.74, 6) is -0.944. The Bertz CT molecular complexity index is 995. The normalized spacial score (nSPS) is 13.1. The standard InChI is InChI=1S/C41H71O8P/c1-3-5-7-9-11-13-15-17-18-19-20-21-22-24-25-27-29-31-33-35-40(42)47-37-39(38-48-50(44,45)46)49-41(43)36-34-32-30-28-26-23-16-14-12-10-8-6-4-2/h11,13,17-18,20-21,23-26,39H,3-10,12,14-16,19,22,27-38H2,1-2H3,(H2,44,45,46)/b13-11+,18-17+,21-20+,25-24+,26-23+/t39-/m1/s1. The van der Waals surface area contributed by atoms with Crippen LogP contribution >= 0.6 is 7.82 Å². The van der Waals surface area contributed by atoms with Crippen LogP contribution in [-0.2, 0) is 28.2 Å². The van der Waals surface area contributed by atoms with Crippen LogP contribution in [-0.4, -0.2) is 41.0 Å². The van der Waals surface area contributed by atoms with Gasteiger partial charge in [0.15, 0.2) is 6.10 Å². The highest BCUT2D eigenvalue weighted by Crippen LogP contribution is 2.36. The number of unbranched alkanes of at least 4 members (excludes halogenated alkanes) is 15. The second-order valence-electron chi connectivity index (χ2n) is 12.9. The average Bonchev–Trinajstić information content (AvgIpc) is 3.08. The van der Waals surface area contributed by atoms with Crippen molar-refractivity contribution in [3.05, 3.63) is 60.8 Å². The Morgan fingerprint density at radius 2 is 0.900 bits per heavy atom. The van der Waals surface area contributed by atoms with Gasteiger partial charge in [0.1, 0.15) is 6.61 Å². The Hall–Kier alpha value is -2.25. The number of allylic oxidation sites excluding steroid dienone is 10. The summed E-state index contributed by atoms with van der Waals surface area (Å²) in [6.07, 6.45) is 45.1. The predicted octanol–water partition coefficient (Wildman–Crippen LogP) is 11.7. The van der Waals surface area contributed by atoms with Gasteiger partial charge in [-0.3, -0.25) is 14.1 Å². The van der Waals surface area contributed by atoms with Crippen molar-refractivity contribution in [2.24, 2.45) is 0 Å². The third-order valence-corrected chi connectivity index (χ3v) is 8.49. The summed E-state index contributed by atoms with van der Waals surface area (Å²) in [5.41, 5.74) is 0. The van der Waals surface area contributed by atoms with Crippen LogP contribution in [0.3, 0.4) is 0 Å². The van der Waals surface area contributed by atoms with Crippen LogP contribution < -0.4 is 0 Å². The van der Waals surface area contributed by atoms with E-state index in [1.807, 2.05) is 0 Å². The van der Waals surface area contributed by atoms with Crippen molar-refractivity contribution in [2.45, 2.75) is 174 Å². The van der Waals surface area contributed by atoms with Crippen molar-refractivity contribution in [3.63, 3.8) is 0 Å². The molecule has 50 heavy (non-hydrogen) atoms. The highest BCUT2D eigenvalue weighted by Gasteiger charge is 2.22. The fraction of sp³-hybridized carbons (Fsp3) is 0.707. The molecule has 8 nitrogen and oxygen atoms in total. The fourth-order valence-electron chi connectivity index (χ4n) is 5.06. The van der Waals surface area contributed by atoms with Gasteiger partial charge in [0.25, 0.3) is 0 Å². The lowest BCUT2D eigenvalue weighted by molar-refractivity contribution is -0.161. The number of ether oxygens (including phenoxy) is 2. The minimum atomic E-state index is -4.76. The summed E-state index contributed by atoms with van der Waals surface area (Å²) in [6, 6.07) is 0. The zero-order valence-electron chi connectivity index (χ0n) is 31.5. The smallest absolute Gasteiger partial charge is 0.462 e. The lowest BCUT2D eigenvalue weighted by Crippen LogP contribution is -2.29. The Kier molecular flexibility index (Phi) is 34.9. The molecular weight excluding hydrogens is 651 g/mol. The number of hydrogen-bond donors (Lipinski definition) is 2. The molecule has 0 rings (SSSR count). The Morgan fingerprint density at radius 3 is 1.40 bits per heavy atom. The minimum Gasteiger partial charge on any atom is -0.462 e. The van der Waals surface area contributed by atoms with E-state index in [9.17, 15) is 14.2 Å². The van der Waals surface area contributed by atoms with Crippen molar-refractivity contribution in [1.29, 1.82) is 0 Å². The molecule has 0 spiro atoms. The molecule has 1 atom stereocenters. The Labute approximate surface area is 305 Å². The SMILES string of the molecule is CCCCC/C=C/C/C=C/C/C=C/C/C=C/CCCCCC(=O)OC[C@H](COP(=O)(O)O)OC(=O)CCCCC/C=C/CCCCCCCC. The molecule has 0 aliphatic rings. The lowest BCUT2D eigenvalue weighted by Gasteiger charge is -2.18. The van der Waals surface area contributed by atoms with Gasteiger partial charge in [0.2, 0.25) is 0 Å². The molecule has 288 valence electrons. The molecule has 0 aromatic heterocycles. The van der Waals surface area contributed by atoms with Gasteiger partial charge >= 0.3 is 19.8 Å². The van der Waals surface area contributed by atoms with Crippen LogP contribution in [0.1, 0.15) is 168 Å². The molecule has 0 saturated carbocycles. The average molecular weight is 723 g/mol. The van der Waals surface area contributed by atoms with Crippen molar-refractivity contribution in [2.75, 3.05) is 13.2 Å². The summed E-state index contributed by atoms with van der Waals surface area (Å²) < 4.78 is 26.3. The summed E-state index contributed by atoms with van der Waals surface area (Å²) in [5, 5.41) is 0. The molecule has 0 saturated heterocycles. The molecule has 0 aliphatic carbocycles. The van der Waals surface area contributed by atoms with Crippen LogP contribution in [0.2, 0.25) is 0 Å². The monoisotopic (exact) mass is 722 g/mol. The summed E-state index contributed by atoms with van der Waals surface area (Å²) >= 11 is 0. The van der Waals surface area contributed by atoms with Gasteiger partial charge in [-0.1, -0.05) is 132 Å². The summed E-state index contributed by atoms with van der Waals surface area (Å²) in [4.78, 5) is 42.7. The molecule has 0 heterocycles. The summed E-state index contributed by atoms with van der Waals surface area (Å²) in [6.45, 7) is 3.59. The maximum atomic E-state index is 12.3. The Balaban J connectivity index is 4.05. The lowest BCUT2D eigenvalue weighted by atomic mass is 10.1. The van der Waals surface area contributed by atoms with E-state index in [0.717, 1.165) is 64.2 Å². The number of rotatable bonds is 35. The zero-order valence-corrected chi connectivity index (χ0v) is 32.4. The third kappa shape index (κ3) is 38.6. The van der Waals surface area contributed by atoms with E-state index < -0.39 is 32.5 Å². The largest absolute Gasteiger partial charge is 0.469 e. The Morgan fingerprint density at radius 1 is 0.520 bits per heavy atom. The van der Waals surface area contributed by atoms with E-state index in [4.69, 9.17) is 19.3 Å². The topological polar surface area (TPSA) is 119 Å². The van der Waals surface area contributed by atoms with Crippen LogP contribution in [0.4, 0.5) is 0 Å². The number of carbonyl (C=O) groups excluding carboxylic acids is 2. The second kappa shape index (κ2) is 36.5. The molecule has 0 aromatic rings. The van der Waals surface area contributed by atoms with Gasteiger partial charge in [-0.05, 0) is 83.5 Å². The first-order chi connectivity index (χ1) is 24.3. The number of hydrogen-bond acceptors (Lipinski definition) is 6. The molecule has 0 aromatic carbocycles. The molecule has 0 amide bonds. The minimum absolute atomic E-state index is 0.182. The first-order valence-electron chi connectivity index (χ1n) is 19.6. The predicted molar refractivity (Wildman–Crippen MR) is 207 cm³/mol. The fourth-order valence-corrected chi connectivity index (χ4v) is 5.42. The van der Waals surface area contributed by atoms with Gasteiger partial charge in [0.05, 0.1) is 6.61 Å². The van der Waals surface area contributed by atoms with Gasteiger partial charge in [-0.2, -0.15) is 0 Å². The highest BCUT2D eigenvalue weighted by atomic mass is 31.2. The quantitative estimate of drug-likeness (QED) is 0.0287. The second-order valence-corrected chi connectivity index (χ2v) is 14.1. The number of phosphoric acid groups is 1. The van der Waals surface area contributed by atoms with Gasteiger partial charge in [0, 0.05) is 12.8 Å². The molecule has 0 unspecified atom stereocenters. The maximum absolute atomic E-state index is 12.3. The van der Waals surface area contributed by atoms with Crippen molar-refractivity contribution in [3.8, 4) is 0 Å². The van der Waals surface area contributed by atoms with E-state index in [0.29, 0.717) is 12.8 Å². The van der Waals surface area contributed by atoms with Gasteiger partial charge < -0.3 is 19.3 Å². The molecule has 0 radical (unpaired) electrons. The molecule has 9 heteroatoms. The first-order valence-corrected chi connectivity index (χ1v) is 21.1. The van der Waals surface area contributed by atoms with E-state index in [-0.39, 0.29) is 19.4 Å². The van der Waals surface area contributed by atoms with Crippen LogP contribution in [0.25, 0.3) is 0 Å². The zero-order chi connectivity index (χ0) is 36.8. The van der Waals surface area contributed by atoms with Crippen molar-refractivity contribution < 1.29 is 37.9 Å². The molecule has 0 fully saturated rings. The van der Waals surface area contributed by atoms with E-state index >= 15 is 0 Å². The third-order valence-electron chi connectivity index (χ3n) is 8.01. The van der Waals surface area contributed by atoms with Gasteiger partial charge in [-0.15, -0.1) is 0 Å². The van der Waals surface area contributed by atoms with E-state index in [1.165, 1.54) is 64.2 Å². The van der Waals surface area contributed by atoms with E-state index in [2.05, 4.69) is 79.1 Å². The number of phosphoric ester groups is 1. The number of esters is 2. The molecule has 0 bridgehead atoms. The van der Waals surface area contributed by atoms with Crippen molar-refractivity contribution >= 4 is 19.8 Å². The summed E-state index contributed by atoms with van der Waals surface area (Å²) in [7, 11) is -4.76. The molecule has 0 aliphatic heterocycles. The van der Waals surface area contributed by atoms with Crippen molar-refractivity contribution in [1.82, 2.24) is 0 Å². The maximum Gasteiger partial charge on any atom is 0.469 e. The van der Waals surface area contributed by atoms with Crippen LogP contribution in [0.15, 0.2) is 60.8 Å². The van der Waals surface area contributed by atoms with Gasteiger partial charge in [-0.25, -0.2) is 4.57 Å². The van der Waals surface area contributed by atoms with E-state index in [1.54, 1.807) is 0 Å². The highest BCUT2D eigenvalue weighted by molar-refractivity contribution is 7.46. The van der Waals surface area contributed by atoms with Crippen LogP contribution in [0.5, 0.6) is 0 Å². The molecular formula is C41H71O8P. The molecule has 2 N–H and O–H groups in total. The van der Waals surface area contributed by atoms with Crippen LogP contribution in [0, 0.1) is 0 Å².